The van der Waals surface area contributed by atoms with E-state index in [0.29, 0.717) is 50.1 Å². The molecule has 1 unspecified atom stereocenters. The quantitative estimate of drug-likeness (QED) is 0.365. The molecule has 0 amide bonds. The smallest absolute Gasteiger partial charge is 0.335 e. The second kappa shape index (κ2) is 12.1. The van der Waals surface area contributed by atoms with E-state index in [1.807, 2.05) is 62.4 Å². The Bertz CT molecular complexity index is 1030. The second-order valence-electron chi connectivity index (χ2n) is 7.37. The van der Waals surface area contributed by atoms with E-state index in [1.54, 1.807) is 14.0 Å². The molecule has 1 aromatic heterocycles. The SMILES string of the molecule is CCOC(=O)C(Cc1ccc(OC)c(OCCc2nc(-c3ccccc3)oc2C)c1)OCC. The van der Waals surface area contributed by atoms with Crippen molar-refractivity contribution in [2.75, 3.05) is 26.9 Å². The zero-order valence-corrected chi connectivity index (χ0v) is 19.6. The summed E-state index contributed by atoms with van der Waals surface area (Å²) in [4.78, 5) is 16.8. The van der Waals surface area contributed by atoms with Gasteiger partial charge in [-0.25, -0.2) is 9.78 Å². The minimum Gasteiger partial charge on any atom is -0.493 e. The van der Waals surface area contributed by atoms with Crippen LogP contribution in [0.2, 0.25) is 0 Å². The molecule has 0 bridgehead atoms. The van der Waals surface area contributed by atoms with Gasteiger partial charge in [-0.15, -0.1) is 0 Å². The Hall–Kier alpha value is -3.32. The molecular weight excluding hydrogens is 422 g/mol. The molecule has 3 aromatic rings. The number of carbonyl (C=O) groups excluding carboxylic acids is 1. The van der Waals surface area contributed by atoms with Crippen LogP contribution in [0.1, 0.15) is 30.9 Å². The predicted molar refractivity (Wildman–Crippen MR) is 125 cm³/mol. The summed E-state index contributed by atoms with van der Waals surface area (Å²) in [6.07, 6.45) is 0.306. The third kappa shape index (κ3) is 6.58. The number of aryl methyl sites for hydroxylation is 1. The molecule has 0 N–H and O–H groups in total. The number of carbonyl (C=O) groups is 1. The summed E-state index contributed by atoms with van der Waals surface area (Å²) >= 11 is 0. The van der Waals surface area contributed by atoms with E-state index in [1.165, 1.54) is 0 Å². The molecule has 7 heteroatoms. The van der Waals surface area contributed by atoms with Gasteiger partial charge in [0.05, 0.1) is 26.0 Å². The van der Waals surface area contributed by atoms with E-state index in [2.05, 4.69) is 4.98 Å². The van der Waals surface area contributed by atoms with Crippen LogP contribution >= 0.6 is 0 Å². The Kier molecular flexibility index (Phi) is 8.89. The van der Waals surface area contributed by atoms with Crippen molar-refractivity contribution in [3.8, 4) is 23.0 Å². The fraction of sp³-hybridized carbons (Fsp3) is 0.385. The van der Waals surface area contributed by atoms with Gasteiger partial charge < -0.3 is 23.4 Å². The highest BCUT2D eigenvalue weighted by Gasteiger charge is 2.21. The summed E-state index contributed by atoms with van der Waals surface area (Å²) < 4.78 is 28.0. The first-order valence-corrected chi connectivity index (χ1v) is 11.1. The van der Waals surface area contributed by atoms with Crippen LogP contribution in [0.5, 0.6) is 11.5 Å². The number of esters is 1. The highest BCUT2D eigenvalue weighted by Crippen LogP contribution is 2.29. The number of benzene rings is 2. The summed E-state index contributed by atoms with van der Waals surface area (Å²) in [5.74, 6) is 2.22. The second-order valence-corrected chi connectivity index (χ2v) is 7.37. The zero-order valence-electron chi connectivity index (χ0n) is 19.6. The molecular formula is C26H31NO6. The lowest BCUT2D eigenvalue weighted by atomic mass is 10.1. The first-order chi connectivity index (χ1) is 16.0. The first kappa shape index (κ1) is 24.3. The molecule has 3 rings (SSSR count). The van der Waals surface area contributed by atoms with Crippen LogP contribution in [0.15, 0.2) is 52.9 Å². The highest BCUT2D eigenvalue weighted by molar-refractivity contribution is 5.75. The van der Waals surface area contributed by atoms with Crippen LogP contribution in [0.4, 0.5) is 0 Å². The maximum atomic E-state index is 12.2. The van der Waals surface area contributed by atoms with Crippen molar-refractivity contribution in [1.29, 1.82) is 0 Å². The number of rotatable bonds is 12. The van der Waals surface area contributed by atoms with E-state index < -0.39 is 6.10 Å². The monoisotopic (exact) mass is 453 g/mol. The number of hydrogen-bond acceptors (Lipinski definition) is 7. The molecule has 0 aliphatic heterocycles. The van der Waals surface area contributed by atoms with Gasteiger partial charge in [0, 0.05) is 25.0 Å². The van der Waals surface area contributed by atoms with Crippen LogP contribution in [0.25, 0.3) is 11.5 Å². The number of oxazole rings is 1. The van der Waals surface area contributed by atoms with E-state index in [9.17, 15) is 4.79 Å². The van der Waals surface area contributed by atoms with Crippen molar-refractivity contribution in [3.63, 3.8) is 0 Å². The van der Waals surface area contributed by atoms with Crippen LogP contribution in [-0.4, -0.2) is 44.0 Å². The van der Waals surface area contributed by atoms with E-state index >= 15 is 0 Å². The van der Waals surface area contributed by atoms with Crippen LogP contribution in [0, 0.1) is 6.92 Å². The molecule has 0 fully saturated rings. The molecule has 2 aromatic carbocycles. The van der Waals surface area contributed by atoms with E-state index in [-0.39, 0.29) is 5.97 Å². The first-order valence-electron chi connectivity index (χ1n) is 11.1. The lowest BCUT2D eigenvalue weighted by molar-refractivity contribution is -0.156. The van der Waals surface area contributed by atoms with Gasteiger partial charge in [-0.3, -0.25) is 0 Å². The average molecular weight is 454 g/mol. The largest absolute Gasteiger partial charge is 0.493 e. The molecule has 0 aliphatic rings. The standard InChI is InChI=1S/C26H31NO6/c1-5-30-24(26(28)31-6-2)17-19-12-13-22(29-4)23(16-19)32-15-14-21-18(3)33-25(27-21)20-10-8-7-9-11-20/h7-13,16,24H,5-6,14-15,17H2,1-4H3. The van der Waals surface area contributed by atoms with Crippen LogP contribution in [-0.2, 0) is 27.1 Å². The van der Waals surface area contributed by atoms with Crippen molar-refractivity contribution < 1.29 is 28.2 Å². The van der Waals surface area contributed by atoms with Gasteiger partial charge in [-0.2, -0.15) is 0 Å². The normalized spacial score (nSPS) is 11.8. The average Bonchev–Trinajstić information content (AvgIpc) is 3.20. The molecule has 0 saturated carbocycles. The Morgan fingerprint density at radius 3 is 2.55 bits per heavy atom. The number of aromatic nitrogens is 1. The molecule has 176 valence electrons. The summed E-state index contributed by atoms with van der Waals surface area (Å²) in [6, 6.07) is 15.4. The summed E-state index contributed by atoms with van der Waals surface area (Å²) in [7, 11) is 1.59. The van der Waals surface area contributed by atoms with Crippen molar-refractivity contribution in [3.05, 3.63) is 65.5 Å². The highest BCUT2D eigenvalue weighted by atomic mass is 16.6. The van der Waals surface area contributed by atoms with Crippen molar-refractivity contribution >= 4 is 5.97 Å². The van der Waals surface area contributed by atoms with Crippen LogP contribution in [0.3, 0.4) is 0 Å². The van der Waals surface area contributed by atoms with Crippen molar-refractivity contribution in [2.45, 2.75) is 39.7 Å². The van der Waals surface area contributed by atoms with Crippen molar-refractivity contribution in [1.82, 2.24) is 4.98 Å². The molecule has 0 aliphatic carbocycles. The molecule has 33 heavy (non-hydrogen) atoms. The van der Waals surface area contributed by atoms with Gasteiger partial charge in [-0.05, 0) is 50.6 Å². The topological polar surface area (TPSA) is 80.0 Å². The van der Waals surface area contributed by atoms with Crippen LogP contribution < -0.4 is 9.47 Å². The lowest BCUT2D eigenvalue weighted by Gasteiger charge is -2.17. The molecule has 0 spiro atoms. The van der Waals surface area contributed by atoms with Gasteiger partial charge in [0.1, 0.15) is 5.76 Å². The van der Waals surface area contributed by atoms with Gasteiger partial charge in [0.25, 0.3) is 0 Å². The van der Waals surface area contributed by atoms with E-state index in [4.69, 9.17) is 23.4 Å². The Morgan fingerprint density at radius 2 is 1.85 bits per heavy atom. The van der Waals surface area contributed by atoms with Gasteiger partial charge in [0.15, 0.2) is 17.6 Å². The predicted octanol–water partition coefficient (Wildman–Crippen LogP) is 4.79. The third-order valence-corrected chi connectivity index (χ3v) is 5.08. The fourth-order valence-electron chi connectivity index (χ4n) is 3.44. The van der Waals surface area contributed by atoms with Gasteiger partial charge >= 0.3 is 5.97 Å². The van der Waals surface area contributed by atoms with Crippen molar-refractivity contribution in [2.24, 2.45) is 0 Å². The number of methoxy groups -OCH3 is 1. The summed E-state index contributed by atoms with van der Waals surface area (Å²) in [6.45, 7) is 6.66. The Morgan fingerprint density at radius 1 is 1.06 bits per heavy atom. The zero-order chi connectivity index (χ0) is 23.6. The number of ether oxygens (including phenoxy) is 4. The molecule has 0 saturated heterocycles. The minimum absolute atomic E-state index is 0.312. The molecule has 0 radical (unpaired) electrons. The number of nitrogens with zero attached hydrogens (tertiary/aromatic N) is 1. The maximum Gasteiger partial charge on any atom is 0.335 e. The summed E-state index contributed by atoms with van der Waals surface area (Å²) in [5.41, 5.74) is 2.68. The van der Waals surface area contributed by atoms with Gasteiger partial charge in [0.2, 0.25) is 5.89 Å². The molecule has 7 nitrogen and oxygen atoms in total. The Balaban J connectivity index is 1.67. The maximum absolute atomic E-state index is 12.2. The number of hydrogen-bond donors (Lipinski definition) is 0. The van der Waals surface area contributed by atoms with E-state index in [0.717, 1.165) is 22.6 Å². The third-order valence-electron chi connectivity index (χ3n) is 5.08. The lowest BCUT2D eigenvalue weighted by Crippen LogP contribution is -2.29. The summed E-state index contributed by atoms with van der Waals surface area (Å²) in [5, 5.41) is 0. The molecule has 1 atom stereocenters. The fourth-order valence-corrected chi connectivity index (χ4v) is 3.44. The Labute approximate surface area is 194 Å². The molecule has 1 heterocycles. The van der Waals surface area contributed by atoms with Gasteiger partial charge in [-0.1, -0.05) is 24.3 Å². The minimum atomic E-state index is -0.662.